The lowest BCUT2D eigenvalue weighted by Gasteiger charge is -2.29. The van der Waals surface area contributed by atoms with Gasteiger partial charge in [0.1, 0.15) is 6.04 Å². The van der Waals surface area contributed by atoms with Crippen LogP contribution in [-0.4, -0.2) is 59.2 Å². The highest BCUT2D eigenvalue weighted by Crippen LogP contribution is 2.47. The van der Waals surface area contributed by atoms with Gasteiger partial charge in [0.25, 0.3) is 11.8 Å². The normalized spacial score (nSPS) is 19.9. The van der Waals surface area contributed by atoms with Crippen LogP contribution in [0.5, 0.6) is 0 Å². The number of carbonyl (C=O) groups is 5. The zero-order valence-electron chi connectivity index (χ0n) is 23.2. The molecule has 0 radical (unpaired) electrons. The van der Waals surface area contributed by atoms with E-state index in [-0.39, 0.29) is 30.7 Å². The van der Waals surface area contributed by atoms with E-state index >= 15 is 0 Å². The van der Waals surface area contributed by atoms with Crippen molar-refractivity contribution in [3.63, 3.8) is 0 Å². The largest absolute Gasteiger partial charge is 0.372 e. The highest BCUT2D eigenvalue weighted by Gasteiger charge is 2.48. The number of aliphatic hydroxyl groups is 1. The number of nitrogens with one attached hydrogen (secondary N) is 4. The van der Waals surface area contributed by atoms with Crippen LogP contribution in [0.3, 0.4) is 0 Å². The molecule has 0 aromatic heterocycles. The average Bonchev–Trinajstić information content (AvgIpc) is 3.62. The zero-order chi connectivity index (χ0) is 29.3. The topological polar surface area (TPSA) is 154 Å². The second-order valence-electron chi connectivity index (χ2n) is 11.6. The highest BCUT2D eigenvalue weighted by molar-refractivity contribution is 6.38. The monoisotopic (exact) mass is 560 g/mol. The fourth-order valence-corrected chi connectivity index (χ4v) is 5.72. The number of benzene rings is 2. The Morgan fingerprint density at radius 1 is 0.927 bits per heavy atom. The molecular weight excluding hydrogens is 524 g/mol. The van der Waals surface area contributed by atoms with Gasteiger partial charge in [0, 0.05) is 29.6 Å². The molecule has 0 unspecified atom stereocenters. The van der Waals surface area contributed by atoms with Gasteiger partial charge in [0.15, 0.2) is 5.60 Å². The predicted octanol–water partition coefficient (Wildman–Crippen LogP) is 1.29. The Bertz CT molecular complexity index is 1340. The molecule has 10 nitrogen and oxygen atoms in total. The summed E-state index contributed by atoms with van der Waals surface area (Å²) in [5, 5.41) is 22.7. The lowest BCUT2D eigenvalue weighted by atomic mass is 9.89. The maximum atomic E-state index is 13.8. The van der Waals surface area contributed by atoms with Gasteiger partial charge in [-0.25, -0.2) is 0 Å². The Balaban J connectivity index is 1.38. The number of carbonyl (C=O) groups excluding carboxylic acids is 5. The summed E-state index contributed by atoms with van der Waals surface area (Å²) in [7, 11) is 0. The van der Waals surface area contributed by atoms with Gasteiger partial charge in [-0.3, -0.25) is 24.0 Å². The van der Waals surface area contributed by atoms with Crippen molar-refractivity contribution in [3.05, 3.63) is 59.7 Å². The summed E-state index contributed by atoms with van der Waals surface area (Å²) in [5.74, 6) is -3.83. The minimum absolute atomic E-state index is 0.0263. The fraction of sp³-hybridized carbons (Fsp3) is 0.452. The molecule has 216 valence electrons. The Kier molecular flexibility index (Phi) is 7.95. The van der Waals surface area contributed by atoms with Crippen LogP contribution in [0.2, 0.25) is 0 Å². The summed E-state index contributed by atoms with van der Waals surface area (Å²) in [5.41, 5.74) is 0.267. The second kappa shape index (κ2) is 11.4. The van der Waals surface area contributed by atoms with Crippen LogP contribution in [0.1, 0.15) is 57.1 Å². The Hall–Kier alpha value is -4.05. The van der Waals surface area contributed by atoms with Crippen molar-refractivity contribution in [2.45, 2.75) is 69.7 Å². The van der Waals surface area contributed by atoms with E-state index in [1.54, 1.807) is 24.3 Å². The first-order chi connectivity index (χ1) is 19.6. The predicted molar refractivity (Wildman–Crippen MR) is 150 cm³/mol. The van der Waals surface area contributed by atoms with Crippen molar-refractivity contribution in [2.24, 2.45) is 11.8 Å². The van der Waals surface area contributed by atoms with Gasteiger partial charge in [-0.2, -0.15) is 0 Å². The van der Waals surface area contributed by atoms with Crippen molar-refractivity contribution >= 4 is 29.4 Å². The molecule has 2 aliphatic carbocycles. The van der Waals surface area contributed by atoms with E-state index in [2.05, 4.69) is 21.3 Å². The summed E-state index contributed by atoms with van der Waals surface area (Å²) < 4.78 is 0. The van der Waals surface area contributed by atoms with Crippen molar-refractivity contribution in [2.75, 3.05) is 6.54 Å². The summed E-state index contributed by atoms with van der Waals surface area (Å²) >= 11 is 0. The molecule has 1 heterocycles. The minimum Gasteiger partial charge on any atom is -0.372 e. The van der Waals surface area contributed by atoms with Crippen LogP contribution >= 0.6 is 0 Å². The van der Waals surface area contributed by atoms with E-state index < -0.39 is 47.1 Å². The number of hydrogen-bond acceptors (Lipinski definition) is 6. The first-order valence-electron chi connectivity index (χ1n) is 14.2. The lowest BCUT2D eigenvalue weighted by molar-refractivity contribution is -0.142. The smallest absolute Gasteiger partial charge is 0.289 e. The standard InChI is InChI=1S/C31H36N4O6/c1-17(2)15-25(35-30(40)31(41)22-9-5-3-7-20(22)21-8-4-6-10-23(21)31)28(38)34-24(16-18-13-14-32-27(18)37)26(36)29(39)33-19-11-12-19/h3-10,17-19,24-25,41H,11-16H2,1-2H3,(H,32,37)(H,33,39)(H,34,38)(H,35,40)/t18-,24-,25+/m0/s1. The molecule has 0 spiro atoms. The van der Waals surface area contributed by atoms with Gasteiger partial charge >= 0.3 is 0 Å². The third-order valence-electron chi connectivity index (χ3n) is 8.03. The van der Waals surface area contributed by atoms with E-state index in [1.807, 2.05) is 38.1 Å². The van der Waals surface area contributed by atoms with Crippen molar-refractivity contribution in [1.82, 2.24) is 21.3 Å². The van der Waals surface area contributed by atoms with Crippen LogP contribution in [0.4, 0.5) is 0 Å². The second-order valence-corrected chi connectivity index (χ2v) is 11.6. The van der Waals surface area contributed by atoms with Crippen molar-refractivity contribution in [1.29, 1.82) is 0 Å². The van der Waals surface area contributed by atoms with Gasteiger partial charge in [0.05, 0.1) is 6.04 Å². The molecule has 2 fully saturated rings. The van der Waals surface area contributed by atoms with Gasteiger partial charge in [-0.05, 0) is 49.1 Å². The van der Waals surface area contributed by atoms with Gasteiger partial charge in [-0.15, -0.1) is 0 Å². The number of fused-ring (bicyclic) bond motifs is 3. The van der Waals surface area contributed by atoms with Crippen LogP contribution in [-0.2, 0) is 29.6 Å². The maximum absolute atomic E-state index is 13.8. The number of ketones is 1. The van der Waals surface area contributed by atoms with Gasteiger partial charge < -0.3 is 26.4 Å². The van der Waals surface area contributed by atoms with E-state index in [0.29, 0.717) is 24.1 Å². The SMILES string of the molecule is CC(C)C[C@@H](NC(=O)C1(O)c2ccccc2-c2ccccc21)C(=O)N[C@@H](C[C@@H]1CCNC1=O)C(=O)C(=O)NC1CC1. The Morgan fingerprint density at radius 2 is 1.54 bits per heavy atom. The van der Waals surface area contributed by atoms with Gasteiger partial charge in [-0.1, -0.05) is 62.4 Å². The quantitative estimate of drug-likeness (QED) is 0.261. The first kappa shape index (κ1) is 28.5. The molecule has 3 aliphatic rings. The minimum atomic E-state index is -2.02. The molecular formula is C31H36N4O6. The van der Waals surface area contributed by atoms with Crippen LogP contribution in [0.15, 0.2) is 48.5 Å². The molecule has 5 N–H and O–H groups in total. The molecule has 1 saturated carbocycles. The molecule has 1 aliphatic heterocycles. The molecule has 3 atom stereocenters. The summed E-state index contributed by atoms with van der Waals surface area (Å²) in [6, 6.07) is 11.8. The molecule has 5 rings (SSSR count). The lowest BCUT2D eigenvalue weighted by Crippen LogP contribution is -2.57. The van der Waals surface area contributed by atoms with E-state index in [9.17, 15) is 29.1 Å². The molecule has 10 heteroatoms. The number of rotatable bonds is 11. The van der Waals surface area contributed by atoms with E-state index in [4.69, 9.17) is 0 Å². The molecule has 0 bridgehead atoms. The molecule has 2 aromatic carbocycles. The van der Waals surface area contributed by atoms with Crippen LogP contribution in [0.25, 0.3) is 11.1 Å². The Labute approximate surface area is 238 Å². The van der Waals surface area contributed by atoms with Crippen LogP contribution in [0, 0.1) is 11.8 Å². The first-order valence-corrected chi connectivity index (χ1v) is 14.2. The molecule has 1 saturated heterocycles. The summed E-state index contributed by atoms with van der Waals surface area (Å²) in [6.07, 6.45) is 2.26. The number of hydrogen-bond donors (Lipinski definition) is 5. The maximum Gasteiger partial charge on any atom is 0.289 e. The molecule has 4 amide bonds. The summed E-state index contributed by atoms with van der Waals surface area (Å²) in [4.78, 5) is 65.5. The van der Waals surface area contributed by atoms with Crippen molar-refractivity contribution in [3.8, 4) is 11.1 Å². The summed E-state index contributed by atoms with van der Waals surface area (Å²) in [6.45, 7) is 4.23. The van der Waals surface area contributed by atoms with E-state index in [1.165, 1.54) is 0 Å². The third kappa shape index (κ3) is 5.74. The van der Waals surface area contributed by atoms with Crippen molar-refractivity contribution < 1.29 is 29.1 Å². The fourth-order valence-electron chi connectivity index (χ4n) is 5.72. The highest BCUT2D eigenvalue weighted by atomic mass is 16.3. The molecule has 41 heavy (non-hydrogen) atoms. The molecule has 2 aromatic rings. The third-order valence-corrected chi connectivity index (χ3v) is 8.03. The van der Waals surface area contributed by atoms with Crippen LogP contribution < -0.4 is 21.3 Å². The van der Waals surface area contributed by atoms with E-state index in [0.717, 1.165) is 24.0 Å². The number of Topliss-reactive ketones (excluding diaryl/α,β-unsaturated/α-hetero) is 1. The zero-order valence-corrected chi connectivity index (χ0v) is 23.2. The Morgan fingerprint density at radius 3 is 2.07 bits per heavy atom. The number of amides is 4. The average molecular weight is 561 g/mol. The van der Waals surface area contributed by atoms with Gasteiger partial charge in [0.2, 0.25) is 17.6 Å².